The summed E-state index contributed by atoms with van der Waals surface area (Å²) in [5.41, 5.74) is 6.41. The van der Waals surface area contributed by atoms with E-state index in [1.54, 1.807) is 12.3 Å². The smallest absolute Gasteiger partial charge is 0.417 e. The van der Waals surface area contributed by atoms with Crippen LogP contribution in [0.5, 0.6) is 0 Å². The molecule has 3 N–H and O–H groups in total. The van der Waals surface area contributed by atoms with Gasteiger partial charge in [-0.1, -0.05) is 12.1 Å². The van der Waals surface area contributed by atoms with Gasteiger partial charge in [-0.05, 0) is 60.4 Å². The Morgan fingerprint density at radius 3 is 2.59 bits per heavy atom. The Morgan fingerprint density at radius 2 is 1.92 bits per heavy atom. The molecule has 1 aliphatic rings. The highest BCUT2D eigenvalue weighted by Crippen LogP contribution is 2.47. The second-order valence-corrected chi connectivity index (χ2v) is 8.80. The number of rotatable bonds is 7. The number of aromatic nitrogens is 2. The highest BCUT2D eigenvalue weighted by Gasteiger charge is 2.44. The number of nitrogens with two attached hydrogens (primary N) is 1. The first kappa shape index (κ1) is 24.2. The van der Waals surface area contributed by atoms with Crippen LogP contribution in [0.3, 0.4) is 0 Å². The summed E-state index contributed by atoms with van der Waals surface area (Å²) in [6, 6.07) is 13.3. The molecule has 3 heterocycles. The summed E-state index contributed by atoms with van der Waals surface area (Å²) >= 11 is 0. The lowest BCUT2D eigenvalue weighted by Gasteiger charge is -2.13. The Bertz CT molecular complexity index is 1450. The first-order valence-electron chi connectivity index (χ1n) is 11.4. The van der Waals surface area contributed by atoms with Crippen molar-refractivity contribution in [2.75, 3.05) is 5.73 Å². The first-order valence-corrected chi connectivity index (χ1v) is 11.4. The molecule has 188 valence electrons. The third-order valence-corrected chi connectivity index (χ3v) is 6.27. The van der Waals surface area contributed by atoms with Crippen molar-refractivity contribution in [2.45, 2.75) is 25.1 Å². The van der Waals surface area contributed by atoms with Crippen LogP contribution in [0.2, 0.25) is 0 Å². The number of benzene rings is 1. The molecule has 10 heteroatoms. The van der Waals surface area contributed by atoms with E-state index >= 15 is 0 Å². The van der Waals surface area contributed by atoms with Crippen molar-refractivity contribution in [1.82, 2.24) is 15.3 Å². The van der Waals surface area contributed by atoms with Gasteiger partial charge in [0.1, 0.15) is 17.3 Å². The molecule has 0 saturated heterocycles. The molecule has 1 aliphatic carbocycles. The maximum absolute atomic E-state index is 13.9. The van der Waals surface area contributed by atoms with E-state index in [2.05, 4.69) is 15.3 Å². The van der Waals surface area contributed by atoms with E-state index in [9.17, 15) is 22.8 Å². The Hall–Kier alpha value is -4.47. The van der Waals surface area contributed by atoms with Gasteiger partial charge in [-0.25, -0.2) is 4.98 Å². The fourth-order valence-corrected chi connectivity index (χ4v) is 4.21. The van der Waals surface area contributed by atoms with Gasteiger partial charge in [-0.15, -0.1) is 0 Å². The molecule has 1 fully saturated rings. The number of carbonyl (C=O) groups is 2. The monoisotopic (exact) mass is 506 g/mol. The Morgan fingerprint density at radius 1 is 1.08 bits per heavy atom. The Balaban J connectivity index is 1.29. The van der Waals surface area contributed by atoms with Crippen molar-refractivity contribution in [3.8, 4) is 22.6 Å². The number of nitrogens with zero attached hydrogens (tertiary/aromatic N) is 2. The largest absolute Gasteiger partial charge is 0.459 e. The molecule has 7 nitrogen and oxygen atoms in total. The van der Waals surface area contributed by atoms with Crippen molar-refractivity contribution in [3.63, 3.8) is 0 Å². The van der Waals surface area contributed by atoms with Gasteiger partial charge in [0.15, 0.2) is 6.29 Å². The predicted octanol–water partition coefficient (Wildman–Crippen LogP) is 5.24. The summed E-state index contributed by atoms with van der Waals surface area (Å²) in [5, 5.41) is 2.79. The average molecular weight is 506 g/mol. The molecule has 4 aromatic rings. The van der Waals surface area contributed by atoms with Gasteiger partial charge in [0, 0.05) is 35.0 Å². The zero-order valence-corrected chi connectivity index (χ0v) is 19.3. The van der Waals surface area contributed by atoms with Gasteiger partial charge in [0.05, 0.1) is 17.8 Å². The third-order valence-electron chi connectivity index (χ3n) is 6.27. The molecule has 2 atom stereocenters. The lowest BCUT2D eigenvalue weighted by molar-refractivity contribution is -0.137. The van der Waals surface area contributed by atoms with Crippen LogP contribution in [0.15, 0.2) is 71.4 Å². The number of nitrogen functional groups attached to an aromatic ring is 1. The van der Waals surface area contributed by atoms with Crippen LogP contribution >= 0.6 is 0 Å². The second kappa shape index (κ2) is 9.53. The number of nitrogens with one attached hydrogen (secondary N) is 1. The number of aldehydes is 1. The molecule has 0 spiro atoms. The number of amides is 1. The van der Waals surface area contributed by atoms with E-state index in [1.165, 1.54) is 42.6 Å². The molecule has 0 radical (unpaired) electrons. The summed E-state index contributed by atoms with van der Waals surface area (Å²) < 4.78 is 47.4. The molecule has 1 aromatic carbocycles. The summed E-state index contributed by atoms with van der Waals surface area (Å²) in [5.74, 6) is 0.485. The molecule has 1 saturated carbocycles. The molecule has 0 aliphatic heterocycles. The van der Waals surface area contributed by atoms with Crippen LogP contribution in [0.1, 0.15) is 39.6 Å². The topological polar surface area (TPSA) is 111 Å². The number of hydrogen-bond donors (Lipinski definition) is 2. The Kier molecular flexibility index (Phi) is 6.24. The van der Waals surface area contributed by atoms with Crippen molar-refractivity contribution >= 4 is 18.0 Å². The van der Waals surface area contributed by atoms with Crippen molar-refractivity contribution < 1.29 is 27.2 Å². The number of furan rings is 1. The SMILES string of the molecule is Nc1ccc(C2CC2C(=O)NCc2ccc(-c3ccc(-c4ccc(C=O)cn4)cc3C(F)(F)F)o2)cn1. The van der Waals surface area contributed by atoms with Crippen LogP contribution in [-0.4, -0.2) is 22.2 Å². The average Bonchev–Trinajstić information content (AvgIpc) is 3.56. The van der Waals surface area contributed by atoms with Gasteiger partial charge in [-0.3, -0.25) is 14.6 Å². The van der Waals surface area contributed by atoms with E-state index in [1.807, 2.05) is 6.07 Å². The van der Waals surface area contributed by atoms with Crippen LogP contribution < -0.4 is 11.1 Å². The number of halogens is 3. The molecule has 1 amide bonds. The lowest BCUT2D eigenvalue weighted by atomic mass is 9.99. The van der Waals surface area contributed by atoms with Gasteiger partial charge >= 0.3 is 6.18 Å². The number of pyridine rings is 2. The first-order chi connectivity index (χ1) is 17.7. The molecule has 5 rings (SSSR count). The zero-order valence-electron chi connectivity index (χ0n) is 19.3. The molecular formula is C27H21F3N4O3. The minimum Gasteiger partial charge on any atom is -0.459 e. The second-order valence-electron chi connectivity index (χ2n) is 8.80. The van der Waals surface area contributed by atoms with E-state index in [0.29, 0.717) is 35.5 Å². The van der Waals surface area contributed by atoms with Crippen molar-refractivity contribution in [3.05, 3.63) is 89.4 Å². The van der Waals surface area contributed by atoms with E-state index in [4.69, 9.17) is 10.2 Å². The highest BCUT2D eigenvalue weighted by molar-refractivity contribution is 5.83. The van der Waals surface area contributed by atoms with E-state index < -0.39 is 11.7 Å². The number of alkyl halides is 3. The standard InChI is InChI=1S/C27H21F3N4O3/c28-27(29,30)22-9-16(23-6-1-15(14-35)11-32-23)2-5-19(22)24-7-4-18(37-24)13-34-26(36)21-10-20(21)17-3-8-25(31)33-12-17/h1-9,11-12,14,20-21H,10,13H2,(H2,31,33)(H,34,36). The fourth-order valence-electron chi connectivity index (χ4n) is 4.21. The van der Waals surface area contributed by atoms with Gasteiger partial charge < -0.3 is 15.5 Å². The highest BCUT2D eigenvalue weighted by atomic mass is 19.4. The van der Waals surface area contributed by atoms with Crippen LogP contribution in [-0.2, 0) is 17.5 Å². The van der Waals surface area contributed by atoms with E-state index in [-0.39, 0.29) is 41.2 Å². The van der Waals surface area contributed by atoms with Gasteiger partial charge in [0.2, 0.25) is 5.91 Å². The minimum absolute atomic E-state index is 0.0321. The molecule has 0 bridgehead atoms. The predicted molar refractivity (Wildman–Crippen MR) is 129 cm³/mol. The number of anilines is 1. The molecule has 37 heavy (non-hydrogen) atoms. The third kappa shape index (κ3) is 5.23. The van der Waals surface area contributed by atoms with Crippen LogP contribution in [0.25, 0.3) is 22.6 Å². The van der Waals surface area contributed by atoms with Gasteiger partial charge in [0.25, 0.3) is 0 Å². The summed E-state index contributed by atoms with van der Waals surface area (Å²) in [6.07, 6.45) is -0.390. The number of carbonyl (C=O) groups excluding carboxylic acids is 2. The zero-order chi connectivity index (χ0) is 26.2. The molecular weight excluding hydrogens is 485 g/mol. The maximum atomic E-state index is 13.9. The minimum atomic E-state index is -4.65. The van der Waals surface area contributed by atoms with Crippen LogP contribution in [0, 0.1) is 5.92 Å². The normalized spacial score (nSPS) is 16.8. The summed E-state index contributed by atoms with van der Waals surface area (Å²) in [6.45, 7) is 0.0501. The van der Waals surface area contributed by atoms with Crippen LogP contribution in [0.4, 0.5) is 19.0 Å². The van der Waals surface area contributed by atoms with Crippen molar-refractivity contribution in [2.24, 2.45) is 5.92 Å². The quantitative estimate of drug-likeness (QED) is 0.332. The maximum Gasteiger partial charge on any atom is 0.417 e. The van der Waals surface area contributed by atoms with E-state index in [0.717, 1.165) is 11.6 Å². The lowest BCUT2D eigenvalue weighted by Crippen LogP contribution is -2.24. The number of hydrogen-bond acceptors (Lipinski definition) is 6. The Labute approximate surface area is 209 Å². The van der Waals surface area contributed by atoms with Gasteiger partial charge in [-0.2, -0.15) is 13.2 Å². The fraction of sp³-hybridized carbons (Fsp3) is 0.185. The molecule has 3 aromatic heterocycles. The van der Waals surface area contributed by atoms with Crippen molar-refractivity contribution in [1.29, 1.82) is 0 Å². The molecule has 2 unspecified atom stereocenters. The summed E-state index contributed by atoms with van der Waals surface area (Å²) in [7, 11) is 0. The summed E-state index contributed by atoms with van der Waals surface area (Å²) in [4.78, 5) is 31.5.